The van der Waals surface area contributed by atoms with E-state index in [-0.39, 0.29) is 5.97 Å². The third-order valence-corrected chi connectivity index (χ3v) is 6.02. The van der Waals surface area contributed by atoms with E-state index in [0.717, 1.165) is 15.6 Å². The number of carbonyl (C=O) groups is 1. The Balaban J connectivity index is 1.73. The van der Waals surface area contributed by atoms with Crippen molar-refractivity contribution >= 4 is 61.0 Å². The van der Waals surface area contributed by atoms with Gasteiger partial charge < -0.3 is 4.74 Å². The fraction of sp³-hybridized carbons (Fsp3) is 0.0500. The number of carbonyl (C=O) groups excluding carboxylic acids is 1. The lowest BCUT2D eigenvalue weighted by molar-refractivity contribution is 0.0606. The SMILES string of the molecule is COC(=O)c1cc2c(C=Cc3cc4ccccc4s3)cccc2s1. The van der Waals surface area contributed by atoms with Gasteiger partial charge in [0.1, 0.15) is 4.88 Å². The predicted octanol–water partition coefficient (Wildman–Crippen LogP) is 6.07. The Kier molecular flexibility index (Phi) is 3.92. The summed E-state index contributed by atoms with van der Waals surface area (Å²) in [6, 6.07) is 18.6. The maximum absolute atomic E-state index is 11.7. The molecule has 4 rings (SSSR count). The lowest BCUT2D eigenvalue weighted by Gasteiger charge is -1.95. The van der Waals surface area contributed by atoms with E-state index >= 15 is 0 Å². The number of hydrogen-bond acceptors (Lipinski definition) is 4. The Morgan fingerprint density at radius 2 is 1.79 bits per heavy atom. The second-order valence-electron chi connectivity index (χ2n) is 5.38. The van der Waals surface area contributed by atoms with Crippen LogP contribution in [0.15, 0.2) is 54.6 Å². The monoisotopic (exact) mass is 350 g/mol. The Morgan fingerprint density at radius 1 is 0.958 bits per heavy atom. The van der Waals surface area contributed by atoms with Crippen LogP contribution in [0.4, 0.5) is 0 Å². The second kappa shape index (κ2) is 6.23. The zero-order valence-corrected chi connectivity index (χ0v) is 14.6. The minimum Gasteiger partial charge on any atom is -0.465 e. The van der Waals surface area contributed by atoms with Gasteiger partial charge in [0.25, 0.3) is 0 Å². The number of methoxy groups -OCH3 is 1. The van der Waals surface area contributed by atoms with Gasteiger partial charge in [-0.25, -0.2) is 4.79 Å². The molecular weight excluding hydrogens is 336 g/mol. The minimum absolute atomic E-state index is 0.282. The molecule has 0 spiro atoms. The Hall–Kier alpha value is -2.43. The molecule has 0 saturated heterocycles. The van der Waals surface area contributed by atoms with Crippen molar-refractivity contribution in [2.45, 2.75) is 0 Å². The molecule has 0 aliphatic carbocycles. The third-order valence-electron chi connectivity index (χ3n) is 3.85. The summed E-state index contributed by atoms with van der Waals surface area (Å²) in [6.07, 6.45) is 4.25. The van der Waals surface area contributed by atoms with Crippen LogP contribution in [0.25, 0.3) is 32.3 Å². The summed E-state index contributed by atoms with van der Waals surface area (Å²) in [4.78, 5) is 13.6. The molecule has 2 aromatic carbocycles. The molecule has 24 heavy (non-hydrogen) atoms. The number of fused-ring (bicyclic) bond motifs is 2. The molecule has 0 amide bonds. The highest BCUT2D eigenvalue weighted by atomic mass is 32.1. The molecule has 0 unspecified atom stereocenters. The van der Waals surface area contributed by atoms with E-state index in [0.29, 0.717) is 4.88 Å². The molecule has 0 N–H and O–H groups in total. The topological polar surface area (TPSA) is 26.3 Å². The molecule has 0 fully saturated rings. The average molecular weight is 350 g/mol. The van der Waals surface area contributed by atoms with Gasteiger partial charge in [0.05, 0.1) is 7.11 Å². The third kappa shape index (κ3) is 2.75. The summed E-state index contributed by atoms with van der Waals surface area (Å²) in [5.41, 5.74) is 1.11. The number of thiophene rings is 2. The molecule has 2 nitrogen and oxygen atoms in total. The Morgan fingerprint density at radius 3 is 2.62 bits per heavy atom. The molecule has 0 radical (unpaired) electrons. The summed E-state index contributed by atoms with van der Waals surface area (Å²) in [5, 5.41) is 2.35. The van der Waals surface area contributed by atoms with Crippen LogP contribution in [0, 0.1) is 0 Å². The minimum atomic E-state index is -0.282. The standard InChI is InChI=1S/C20H14O2S2/c1-22-20(21)19-12-16-13(6-4-8-18(16)24-19)9-10-15-11-14-5-2-3-7-17(14)23-15/h2-12H,1H3. The van der Waals surface area contributed by atoms with Crippen LogP contribution in [0.2, 0.25) is 0 Å². The van der Waals surface area contributed by atoms with Crippen molar-refractivity contribution in [1.29, 1.82) is 0 Å². The van der Waals surface area contributed by atoms with Crippen LogP contribution in [0.1, 0.15) is 20.1 Å². The highest BCUT2D eigenvalue weighted by Crippen LogP contribution is 2.31. The van der Waals surface area contributed by atoms with E-state index in [9.17, 15) is 4.79 Å². The molecule has 4 aromatic rings. The van der Waals surface area contributed by atoms with Gasteiger partial charge in [-0.15, -0.1) is 22.7 Å². The first kappa shape index (κ1) is 15.1. The average Bonchev–Trinajstić information content (AvgIpc) is 3.22. The normalized spacial score (nSPS) is 11.5. The molecule has 118 valence electrons. The summed E-state index contributed by atoms with van der Waals surface area (Å²) < 4.78 is 7.21. The smallest absolute Gasteiger partial charge is 0.348 e. The molecule has 0 aliphatic rings. The lowest BCUT2D eigenvalue weighted by atomic mass is 10.1. The van der Waals surface area contributed by atoms with Gasteiger partial charge in [0.2, 0.25) is 0 Å². The van der Waals surface area contributed by atoms with E-state index in [4.69, 9.17) is 4.74 Å². The Bertz CT molecular complexity index is 1040. The fourth-order valence-electron chi connectivity index (χ4n) is 2.69. The molecule has 4 heteroatoms. The largest absolute Gasteiger partial charge is 0.465 e. The number of benzene rings is 2. The molecule has 2 aromatic heterocycles. The lowest BCUT2D eigenvalue weighted by Crippen LogP contribution is -1.96. The zero-order chi connectivity index (χ0) is 16.5. The number of hydrogen-bond donors (Lipinski definition) is 0. The Labute approximate surface area is 147 Å². The number of rotatable bonds is 3. The van der Waals surface area contributed by atoms with Crippen molar-refractivity contribution in [3.05, 3.63) is 69.9 Å². The van der Waals surface area contributed by atoms with Crippen molar-refractivity contribution < 1.29 is 9.53 Å². The fourth-order valence-corrected chi connectivity index (χ4v) is 4.67. The molecule has 0 bridgehead atoms. The molecule has 2 heterocycles. The van der Waals surface area contributed by atoms with Crippen LogP contribution >= 0.6 is 22.7 Å². The number of ether oxygens (including phenoxy) is 1. The maximum atomic E-state index is 11.7. The molecule has 0 atom stereocenters. The second-order valence-corrected chi connectivity index (χ2v) is 7.58. The van der Waals surface area contributed by atoms with Gasteiger partial charge in [0.15, 0.2) is 0 Å². The highest BCUT2D eigenvalue weighted by molar-refractivity contribution is 7.21. The first-order valence-electron chi connectivity index (χ1n) is 7.52. The van der Waals surface area contributed by atoms with Crippen molar-refractivity contribution in [3.63, 3.8) is 0 Å². The summed E-state index contributed by atoms with van der Waals surface area (Å²) in [5.74, 6) is -0.282. The molecule has 0 aliphatic heterocycles. The van der Waals surface area contributed by atoms with E-state index in [1.54, 1.807) is 11.3 Å². The maximum Gasteiger partial charge on any atom is 0.348 e. The van der Waals surface area contributed by atoms with Gasteiger partial charge in [-0.3, -0.25) is 0 Å². The van der Waals surface area contributed by atoms with E-state index in [1.165, 1.54) is 33.4 Å². The van der Waals surface area contributed by atoms with Gasteiger partial charge >= 0.3 is 5.97 Å². The van der Waals surface area contributed by atoms with Crippen LogP contribution in [-0.2, 0) is 4.74 Å². The van der Waals surface area contributed by atoms with Gasteiger partial charge in [-0.2, -0.15) is 0 Å². The van der Waals surface area contributed by atoms with Crippen LogP contribution in [0.3, 0.4) is 0 Å². The first-order chi connectivity index (χ1) is 11.7. The van der Waals surface area contributed by atoms with E-state index in [2.05, 4.69) is 48.6 Å². The van der Waals surface area contributed by atoms with Crippen molar-refractivity contribution in [3.8, 4) is 0 Å². The van der Waals surface area contributed by atoms with Crippen molar-refractivity contribution in [2.75, 3.05) is 7.11 Å². The number of esters is 1. The van der Waals surface area contributed by atoms with Crippen LogP contribution in [0.5, 0.6) is 0 Å². The van der Waals surface area contributed by atoms with Crippen LogP contribution < -0.4 is 0 Å². The van der Waals surface area contributed by atoms with Crippen LogP contribution in [-0.4, -0.2) is 13.1 Å². The predicted molar refractivity (Wildman–Crippen MR) is 104 cm³/mol. The van der Waals surface area contributed by atoms with Gasteiger partial charge in [-0.05, 0) is 41.3 Å². The molecule has 0 saturated carbocycles. The quantitative estimate of drug-likeness (QED) is 0.419. The van der Waals surface area contributed by atoms with Crippen molar-refractivity contribution in [2.24, 2.45) is 0 Å². The molecular formula is C20H14O2S2. The van der Waals surface area contributed by atoms with Crippen molar-refractivity contribution in [1.82, 2.24) is 0 Å². The zero-order valence-electron chi connectivity index (χ0n) is 13.0. The van der Waals surface area contributed by atoms with E-state index in [1.807, 2.05) is 18.2 Å². The highest BCUT2D eigenvalue weighted by Gasteiger charge is 2.11. The summed E-state index contributed by atoms with van der Waals surface area (Å²) in [6.45, 7) is 0. The summed E-state index contributed by atoms with van der Waals surface area (Å²) in [7, 11) is 1.41. The van der Waals surface area contributed by atoms with E-state index < -0.39 is 0 Å². The van der Waals surface area contributed by atoms with Gasteiger partial charge in [-0.1, -0.05) is 36.4 Å². The summed E-state index contributed by atoms with van der Waals surface area (Å²) >= 11 is 3.24. The van der Waals surface area contributed by atoms with Gasteiger partial charge in [0, 0.05) is 19.7 Å². The first-order valence-corrected chi connectivity index (χ1v) is 9.15.